The van der Waals surface area contributed by atoms with E-state index in [1.165, 1.54) is 134 Å². The number of amides is 23. The van der Waals surface area contributed by atoms with Crippen molar-refractivity contribution in [2.75, 3.05) is 26.2 Å². The van der Waals surface area contributed by atoms with Gasteiger partial charge in [0.05, 0.1) is 19.2 Å². The standard InChI is InChI=1S/C95H157N23O24/c1-27-52(8)69(108-84(139)90(15,16)111-73(128)59(39-42-65(98)123)105-82(137)92(19,20)116-85(140)93(21,22)110-70(125)53(9)100-81(136)89(13,14)113-76(131)62-36-32-44-118(62)86(141)94(23,24)109-54(10)120)79(134)115-88(11,12)80(135)99-47-66(124)102-60(45-49(2)3)74(129)112-95(25,26)87(142)117-43-31-35-61(117)75(130)106-68(51(6)7)78(133)114-91(17,18)83(138)107-67(50(4)5)77(132)104-58(38-41-64(97)122)72(127)103-57(37-40-63(96)121)71(126)101-56(48-119)46-55-33-29-28-30-34-55/h28-30,33-34,49-53,56-62,67-69,119H,27,31-32,35-48H2,1-26H3,(H2,96,121)(H2,97,122)(H2,98,123)(H,99,135)(H,100,136)(H,101,126)(H,102,124)(H,103,127)(H,104,132)(H,105,137)(H,106,130)(H,107,138)(H,108,139)(H,109,120)(H,110,125)(H,111,128)(H,112,129)(H,113,131)(H,114,133)(H,115,134)(H,116,140). The summed E-state index contributed by atoms with van der Waals surface area (Å²) in [4.78, 5) is 318. The SMILES string of the molecule is CCC(C)C(NC(=O)C(C)(C)NC(=O)C(CCC(N)=O)NC(=O)C(C)(C)NC(=O)C(C)(C)NC(=O)C(C)NC(=O)C(C)(C)NC(=O)C1CCCN1C(=O)C(C)(C)NC(C)=O)C(=O)NC(C)(C)C(=O)NCC(=O)NC(CC(C)C)C(=O)NC(C)(C)C(=O)N1CCCC1C(=O)NC(C(=O)NC(C)(C)C(=O)NC(C(=O)NC(CCC(N)=O)C(=O)NC(CCC(N)=O)C(=O)NC(CO)Cc1ccccc1)C(C)C)C(C)C. The minimum absolute atomic E-state index is 0.00720. The minimum Gasteiger partial charge on any atom is -0.394 e. The molecule has 2 heterocycles. The summed E-state index contributed by atoms with van der Waals surface area (Å²) in [6.45, 7) is 36.2. The van der Waals surface area contributed by atoms with Crippen LogP contribution in [0.2, 0.25) is 0 Å². The van der Waals surface area contributed by atoms with Gasteiger partial charge in [0.25, 0.3) is 0 Å². The number of hydrogen-bond acceptors (Lipinski definition) is 24. The van der Waals surface area contributed by atoms with Crippen LogP contribution >= 0.6 is 0 Å². The van der Waals surface area contributed by atoms with Crippen LogP contribution in [0.15, 0.2) is 30.3 Å². The topological polar surface area (TPSA) is 714 Å². The third kappa shape index (κ3) is 37.8. The molecule has 3 rings (SSSR count). The Labute approximate surface area is 830 Å². The average Bonchev–Trinajstić information content (AvgIpc) is 1.61. The molecule has 2 aliphatic heterocycles. The van der Waals surface area contributed by atoms with Crippen LogP contribution in [0, 0.1) is 23.7 Å². The fourth-order valence-corrected chi connectivity index (χ4v) is 15.3. The monoisotopic (exact) mass is 2000 g/mol. The summed E-state index contributed by atoms with van der Waals surface area (Å²) in [5.74, 6) is -21.5. The van der Waals surface area contributed by atoms with Gasteiger partial charge in [-0.25, -0.2) is 0 Å². The van der Waals surface area contributed by atoms with Crippen LogP contribution in [-0.4, -0.2) is 288 Å². The Kier molecular flexibility index (Phi) is 45.7. The molecule has 25 N–H and O–H groups in total. The van der Waals surface area contributed by atoms with Gasteiger partial charge in [0.2, 0.25) is 136 Å². The van der Waals surface area contributed by atoms with E-state index in [1.54, 1.807) is 85.7 Å². The zero-order valence-electron chi connectivity index (χ0n) is 87.0. The summed E-state index contributed by atoms with van der Waals surface area (Å²) in [5, 5.41) is 56.5. The number of nitrogens with one attached hydrogen (secondary N) is 18. The van der Waals surface area contributed by atoms with E-state index < -0.39 is 297 Å². The van der Waals surface area contributed by atoms with Gasteiger partial charge in [0.1, 0.15) is 105 Å². The molecule has 0 bridgehead atoms. The highest BCUT2D eigenvalue weighted by Gasteiger charge is 2.49. The van der Waals surface area contributed by atoms with Crippen LogP contribution < -0.4 is 113 Å². The fraction of sp³-hybridized carbons (Fsp3) is 0.695. The maximum absolute atomic E-state index is 14.6. The van der Waals surface area contributed by atoms with Crippen molar-refractivity contribution in [3.63, 3.8) is 0 Å². The van der Waals surface area contributed by atoms with Crippen molar-refractivity contribution in [3.8, 4) is 0 Å². The van der Waals surface area contributed by atoms with E-state index >= 15 is 0 Å². The Morgan fingerprint density at radius 3 is 1.21 bits per heavy atom. The molecule has 796 valence electrons. The number of carbonyl (C=O) groups is 23. The lowest BCUT2D eigenvalue weighted by Crippen LogP contribution is -2.67. The fourth-order valence-electron chi connectivity index (χ4n) is 15.3. The molecule has 23 amide bonds. The van der Waals surface area contributed by atoms with Crippen molar-refractivity contribution < 1.29 is 115 Å². The molecule has 142 heavy (non-hydrogen) atoms. The second kappa shape index (κ2) is 52.7. The van der Waals surface area contributed by atoms with Crippen LogP contribution in [0.4, 0.5) is 0 Å². The summed E-state index contributed by atoms with van der Waals surface area (Å²) < 4.78 is 0. The average molecular weight is 2010 g/mol. The predicted molar refractivity (Wildman–Crippen MR) is 520 cm³/mol. The lowest BCUT2D eigenvalue weighted by molar-refractivity contribution is -0.146. The maximum atomic E-state index is 14.6. The van der Waals surface area contributed by atoms with Crippen molar-refractivity contribution in [2.24, 2.45) is 40.9 Å². The van der Waals surface area contributed by atoms with Gasteiger partial charge in [-0.2, -0.15) is 0 Å². The lowest BCUT2D eigenvalue weighted by atomic mass is 9.94. The smallest absolute Gasteiger partial charge is 0.248 e. The highest BCUT2D eigenvalue weighted by Crippen LogP contribution is 2.27. The predicted octanol–water partition coefficient (Wildman–Crippen LogP) is -3.92. The third-order valence-corrected chi connectivity index (χ3v) is 24.2. The summed E-state index contributed by atoms with van der Waals surface area (Å²) in [6, 6.07) is -5.59. The molecule has 1 aromatic carbocycles. The van der Waals surface area contributed by atoms with Crippen molar-refractivity contribution in [3.05, 3.63) is 35.9 Å². The quantitative estimate of drug-likeness (QED) is 0.0296. The first kappa shape index (κ1) is 123. The zero-order valence-corrected chi connectivity index (χ0v) is 87.0. The highest BCUT2D eigenvalue weighted by molar-refractivity contribution is 6.05. The molecule has 47 heteroatoms. The van der Waals surface area contributed by atoms with Crippen LogP contribution in [0.1, 0.15) is 263 Å². The summed E-state index contributed by atoms with van der Waals surface area (Å²) in [7, 11) is 0. The van der Waals surface area contributed by atoms with Gasteiger partial charge in [0, 0.05) is 39.3 Å². The van der Waals surface area contributed by atoms with Crippen LogP contribution in [0.3, 0.4) is 0 Å². The van der Waals surface area contributed by atoms with Crippen molar-refractivity contribution >= 4 is 136 Å². The van der Waals surface area contributed by atoms with E-state index in [9.17, 15) is 115 Å². The second-order valence-electron chi connectivity index (χ2n) is 42.0. The number of likely N-dealkylation sites (tertiary alicyclic amines) is 2. The first-order valence-electron chi connectivity index (χ1n) is 47.9. The number of primary amides is 3. The van der Waals surface area contributed by atoms with E-state index in [4.69, 9.17) is 17.2 Å². The Morgan fingerprint density at radius 1 is 0.380 bits per heavy atom. The summed E-state index contributed by atoms with van der Waals surface area (Å²) >= 11 is 0. The van der Waals surface area contributed by atoms with E-state index in [1.807, 2.05) is 0 Å². The van der Waals surface area contributed by atoms with E-state index in [-0.39, 0.29) is 70.4 Å². The number of nitrogens with two attached hydrogens (primary N) is 3. The Bertz CT molecular complexity index is 4780. The van der Waals surface area contributed by atoms with Gasteiger partial charge in [-0.1, -0.05) is 92.1 Å². The molecular formula is C95H157N23O24. The van der Waals surface area contributed by atoms with E-state index in [0.29, 0.717) is 12.8 Å². The third-order valence-electron chi connectivity index (χ3n) is 24.2. The first-order valence-corrected chi connectivity index (χ1v) is 47.9. The Morgan fingerprint density at radius 2 is 0.754 bits per heavy atom. The Hall–Kier alpha value is -13.0. The highest BCUT2D eigenvalue weighted by atomic mass is 16.3. The van der Waals surface area contributed by atoms with Crippen molar-refractivity contribution in [1.29, 1.82) is 0 Å². The molecule has 0 aliphatic carbocycles. The molecule has 0 radical (unpaired) electrons. The molecule has 2 fully saturated rings. The van der Waals surface area contributed by atoms with Gasteiger partial charge >= 0.3 is 0 Å². The Balaban J connectivity index is 1.69. The second-order valence-corrected chi connectivity index (χ2v) is 42.0. The number of rotatable bonds is 55. The normalized spacial score (nSPS) is 16.3. The molecule has 12 unspecified atom stereocenters. The van der Waals surface area contributed by atoms with E-state index in [0.717, 1.165) is 5.56 Å². The summed E-state index contributed by atoms with van der Waals surface area (Å²) in [5.41, 5.74) is 3.05. The number of nitrogens with zero attached hydrogens (tertiary/aromatic N) is 2. The molecular weight excluding hydrogens is 1850 g/mol. The molecule has 0 spiro atoms. The molecule has 2 aliphatic rings. The largest absolute Gasteiger partial charge is 0.394 e. The van der Waals surface area contributed by atoms with Crippen LogP contribution in [-0.2, 0) is 117 Å². The number of carbonyl (C=O) groups excluding carboxylic acids is 23. The van der Waals surface area contributed by atoms with Crippen molar-refractivity contribution in [1.82, 2.24) is 106 Å². The zero-order chi connectivity index (χ0) is 109. The maximum Gasteiger partial charge on any atom is 0.248 e. The van der Waals surface area contributed by atoms with Crippen LogP contribution in [0.25, 0.3) is 0 Å². The minimum atomic E-state index is -1.92. The molecule has 1 aromatic rings. The first-order chi connectivity index (χ1) is 65.2. The molecule has 12 atom stereocenters. The van der Waals surface area contributed by atoms with Gasteiger partial charge in [-0.05, 0) is 205 Å². The summed E-state index contributed by atoms with van der Waals surface area (Å²) in [6.07, 6.45) is -0.767. The molecule has 47 nitrogen and oxygen atoms in total. The number of benzene rings is 1. The lowest BCUT2D eigenvalue weighted by Gasteiger charge is -2.35. The van der Waals surface area contributed by atoms with Gasteiger partial charge in [-0.3, -0.25) is 110 Å². The number of hydrogen-bond donors (Lipinski definition) is 22. The van der Waals surface area contributed by atoms with E-state index in [2.05, 4.69) is 95.7 Å². The molecule has 0 saturated carbocycles. The van der Waals surface area contributed by atoms with Crippen molar-refractivity contribution in [2.45, 2.75) is 374 Å². The van der Waals surface area contributed by atoms with Crippen LogP contribution in [0.5, 0.6) is 0 Å². The van der Waals surface area contributed by atoms with Gasteiger partial charge in [0.15, 0.2) is 0 Å². The number of aliphatic hydroxyl groups excluding tert-OH is 1. The molecule has 2 saturated heterocycles. The van der Waals surface area contributed by atoms with Gasteiger partial charge in [-0.15, -0.1) is 0 Å². The molecule has 0 aromatic heterocycles. The number of aliphatic hydroxyl groups is 1. The van der Waals surface area contributed by atoms with Gasteiger partial charge < -0.3 is 128 Å².